The predicted octanol–water partition coefficient (Wildman–Crippen LogP) is 2.36. The van der Waals surface area contributed by atoms with Gasteiger partial charge in [0.05, 0.1) is 19.8 Å². The van der Waals surface area contributed by atoms with E-state index in [1.807, 2.05) is 13.8 Å². The lowest BCUT2D eigenvalue weighted by atomic mass is 10.0. The number of anilines is 1. The molecule has 25 heavy (non-hydrogen) atoms. The van der Waals surface area contributed by atoms with Gasteiger partial charge in [0.15, 0.2) is 11.5 Å². The van der Waals surface area contributed by atoms with Gasteiger partial charge < -0.3 is 19.9 Å². The molecule has 1 aliphatic rings. The van der Waals surface area contributed by atoms with Crippen molar-refractivity contribution in [3.8, 4) is 11.5 Å². The van der Waals surface area contributed by atoms with Gasteiger partial charge in [0.25, 0.3) is 0 Å². The number of hydrogen-bond donors (Lipinski definition) is 2. The van der Waals surface area contributed by atoms with Crippen molar-refractivity contribution in [3.05, 3.63) is 18.2 Å². The molecule has 7 nitrogen and oxygen atoms in total. The Hall–Kier alpha value is -2.28. The highest BCUT2D eigenvalue weighted by Crippen LogP contribution is 2.30. The van der Waals surface area contributed by atoms with Crippen LogP contribution in [0.3, 0.4) is 0 Å². The number of nitrogens with one attached hydrogen (secondary N) is 1. The monoisotopic (exact) mass is 350 g/mol. The highest BCUT2D eigenvalue weighted by Gasteiger charge is 2.29. The molecule has 1 unspecified atom stereocenters. The summed E-state index contributed by atoms with van der Waals surface area (Å²) >= 11 is 0. The maximum atomic E-state index is 12.3. The van der Waals surface area contributed by atoms with Crippen LogP contribution in [0.1, 0.15) is 33.1 Å². The first-order chi connectivity index (χ1) is 12.0. The third kappa shape index (κ3) is 5.35. The molecule has 0 aliphatic carbocycles. The van der Waals surface area contributed by atoms with E-state index in [9.17, 15) is 14.7 Å². The van der Waals surface area contributed by atoms with Gasteiger partial charge in [-0.15, -0.1) is 0 Å². The van der Waals surface area contributed by atoms with Crippen LogP contribution in [0.5, 0.6) is 11.5 Å². The van der Waals surface area contributed by atoms with E-state index in [-0.39, 0.29) is 12.5 Å². The van der Waals surface area contributed by atoms with Crippen LogP contribution in [-0.4, -0.2) is 54.2 Å². The van der Waals surface area contributed by atoms with E-state index in [0.717, 1.165) is 12.8 Å². The van der Waals surface area contributed by atoms with Crippen LogP contribution in [0.25, 0.3) is 0 Å². The van der Waals surface area contributed by atoms with Crippen molar-refractivity contribution in [2.45, 2.75) is 39.2 Å². The average Bonchev–Trinajstić information content (AvgIpc) is 2.58. The number of likely N-dealkylation sites (tertiary alicyclic amines) is 1. The fourth-order valence-electron chi connectivity index (χ4n) is 2.97. The molecule has 1 aromatic carbocycles. The molecule has 2 N–H and O–H groups in total. The molecule has 0 aromatic heterocycles. The van der Waals surface area contributed by atoms with E-state index in [1.165, 1.54) is 0 Å². The summed E-state index contributed by atoms with van der Waals surface area (Å²) < 4.78 is 11.0. The van der Waals surface area contributed by atoms with Crippen LogP contribution in [0.15, 0.2) is 18.2 Å². The quantitative estimate of drug-likeness (QED) is 0.748. The SMILES string of the molecule is CCOc1ccc(NC(=O)CN2CCCCC2C(=O)O)cc1OCC. The smallest absolute Gasteiger partial charge is 0.320 e. The average molecular weight is 350 g/mol. The first kappa shape index (κ1) is 19.1. The molecule has 7 heteroatoms. The van der Waals surface area contributed by atoms with Gasteiger partial charge in [-0.2, -0.15) is 0 Å². The van der Waals surface area contributed by atoms with Gasteiger partial charge in [0.2, 0.25) is 5.91 Å². The zero-order valence-electron chi connectivity index (χ0n) is 14.8. The number of aliphatic carboxylic acids is 1. The minimum absolute atomic E-state index is 0.0636. The molecule has 1 aliphatic heterocycles. The van der Waals surface area contributed by atoms with Crippen LogP contribution in [0.2, 0.25) is 0 Å². The van der Waals surface area contributed by atoms with E-state index in [2.05, 4.69) is 5.32 Å². The van der Waals surface area contributed by atoms with Crippen molar-refractivity contribution >= 4 is 17.6 Å². The summed E-state index contributed by atoms with van der Waals surface area (Å²) in [6.07, 6.45) is 2.38. The summed E-state index contributed by atoms with van der Waals surface area (Å²) in [5.74, 6) is 0.0970. The highest BCUT2D eigenvalue weighted by molar-refractivity contribution is 5.93. The predicted molar refractivity (Wildman–Crippen MR) is 94.3 cm³/mol. The first-order valence-electron chi connectivity index (χ1n) is 8.71. The van der Waals surface area contributed by atoms with Gasteiger partial charge in [-0.25, -0.2) is 0 Å². The van der Waals surface area contributed by atoms with Gasteiger partial charge >= 0.3 is 5.97 Å². The zero-order chi connectivity index (χ0) is 18.2. The van der Waals surface area contributed by atoms with E-state index in [4.69, 9.17) is 9.47 Å². The minimum atomic E-state index is -0.868. The number of hydrogen-bond acceptors (Lipinski definition) is 5. The van der Waals surface area contributed by atoms with Crippen molar-refractivity contribution in [1.82, 2.24) is 4.90 Å². The molecule has 0 spiro atoms. The molecule has 0 saturated carbocycles. The van der Waals surface area contributed by atoms with Gasteiger partial charge in [-0.1, -0.05) is 6.42 Å². The zero-order valence-corrected chi connectivity index (χ0v) is 14.8. The Labute approximate surface area is 147 Å². The third-order valence-electron chi connectivity index (χ3n) is 4.07. The van der Waals surface area contributed by atoms with Crippen LogP contribution >= 0.6 is 0 Å². The van der Waals surface area contributed by atoms with E-state index >= 15 is 0 Å². The highest BCUT2D eigenvalue weighted by atomic mass is 16.5. The summed E-state index contributed by atoms with van der Waals surface area (Å²) in [6, 6.07) is 4.64. The maximum Gasteiger partial charge on any atom is 0.320 e. The molecule has 1 amide bonds. The summed E-state index contributed by atoms with van der Waals surface area (Å²) in [4.78, 5) is 25.3. The molecule has 1 saturated heterocycles. The number of piperidine rings is 1. The molecule has 2 rings (SSSR count). The largest absolute Gasteiger partial charge is 0.490 e. The molecular formula is C18H26N2O5. The molecule has 0 radical (unpaired) electrons. The molecule has 1 heterocycles. The first-order valence-corrected chi connectivity index (χ1v) is 8.71. The maximum absolute atomic E-state index is 12.3. The number of nitrogens with zero attached hydrogens (tertiary/aromatic N) is 1. The Bertz CT molecular complexity index is 605. The second-order valence-electron chi connectivity index (χ2n) is 5.90. The number of amides is 1. The van der Waals surface area contributed by atoms with Gasteiger partial charge in [0.1, 0.15) is 6.04 Å². The number of carboxylic acids is 1. The second kappa shape index (κ2) is 9.27. The summed E-state index contributed by atoms with van der Waals surface area (Å²) in [6.45, 7) is 5.47. The number of carboxylic acid groups (broad SMARTS) is 1. The van der Waals surface area contributed by atoms with Gasteiger partial charge in [-0.3, -0.25) is 14.5 Å². The molecule has 1 atom stereocenters. The second-order valence-corrected chi connectivity index (χ2v) is 5.90. The molecule has 0 bridgehead atoms. The molecule has 1 fully saturated rings. The lowest BCUT2D eigenvalue weighted by molar-refractivity contribution is -0.145. The fraction of sp³-hybridized carbons (Fsp3) is 0.556. The van der Waals surface area contributed by atoms with Crippen LogP contribution in [-0.2, 0) is 9.59 Å². The van der Waals surface area contributed by atoms with Crippen LogP contribution in [0, 0.1) is 0 Å². The number of benzene rings is 1. The lowest BCUT2D eigenvalue weighted by Crippen LogP contribution is -2.47. The van der Waals surface area contributed by atoms with Crippen molar-refractivity contribution in [1.29, 1.82) is 0 Å². The van der Waals surface area contributed by atoms with Crippen LogP contribution < -0.4 is 14.8 Å². The number of ether oxygens (including phenoxy) is 2. The van der Waals surface area contributed by atoms with Crippen molar-refractivity contribution in [2.75, 3.05) is 31.6 Å². The number of rotatable bonds is 8. The summed E-state index contributed by atoms with van der Waals surface area (Å²) in [5, 5.41) is 12.1. The molecule has 1 aromatic rings. The van der Waals surface area contributed by atoms with E-state index in [0.29, 0.717) is 43.4 Å². The van der Waals surface area contributed by atoms with Crippen molar-refractivity contribution < 1.29 is 24.2 Å². The normalized spacial score (nSPS) is 17.8. The Balaban J connectivity index is 2.01. The number of carbonyl (C=O) groups excluding carboxylic acids is 1. The summed E-state index contributed by atoms with van der Waals surface area (Å²) in [7, 11) is 0. The lowest BCUT2D eigenvalue weighted by Gasteiger charge is -2.32. The van der Waals surface area contributed by atoms with Gasteiger partial charge in [-0.05, 0) is 45.4 Å². The van der Waals surface area contributed by atoms with Gasteiger partial charge in [0, 0.05) is 11.8 Å². The Kier molecular flexibility index (Phi) is 7.06. The van der Waals surface area contributed by atoms with E-state index in [1.54, 1.807) is 23.1 Å². The number of carbonyl (C=O) groups is 2. The Morgan fingerprint density at radius 3 is 2.60 bits per heavy atom. The Morgan fingerprint density at radius 1 is 1.20 bits per heavy atom. The van der Waals surface area contributed by atoms with Crippen LogP contribution in [0.4, 0.5) is 5.69 Å². The third-order valence-corrected chi connectivity index (χ3v) is 4.07. The molecular weight excluding hydrogens is 324 g/mol. The van der Waals surface area contributed by atoms with E-state index < -0.39 is 12.0 Å². The van der Waals surface area contributed by atoms with Crippen molar-refractivity contribution in [3.63, 3.8) is 0 Å². The molecule has 138 valence electrons. The summed E-state index contributed by atoms with van der Waals surface area (Å²) in [5.41, 5.74) is 0.598. The topological polar surface area (TPSA) is 88.1 Å². The fourth-order valence-corrected chi connectivity index (χ4v) is 2.97. The minimum Gasteiger partial charge on any atom is -0.490 e. The Morgan fingerprint density at radius 2 is 1.92 bits per heavy atom. The van der Waals surface area contributed by atoms with Crippen molar-refractivity contribution in [2.24, 2.45) is 0 Å². The standard InChI is InChI=1S/C18H26N2O5/c1-3-24-15-9-8-13(11-16(15)25-4-2)19-17(21)12-20-10-6-5-7-14(20)18(22)23/h8-9,11,14H,3-7,10,12H2,1-2H3,(H,19,21)(H,22,23).